The molecule has 0 radical (unpaired) electrons. The predicted octanol–water partition coefficient (Wildman–Crippen LogP) is 4.97. The molecular formula is C41H46ClN6O6P. The molecule has 4 heterocycles. The van der Waals surface area contributed by atoms with Crippen molar-refractivity contribution in [1.82, 2.24) is 25.5 Å². The summed E-state index contributed by atoms with van der Waals surface area (Å²) in [5.74, 6) is 1.19. The average molecular weight is 785 g/mol. The van der Waals surface area contributed by atoms with Gasteiger partial charge in [0.05, 0.1) is 17.8 Å². The molecule has 3 aliphatic heterocycles. The van der Waals surface area contributed by atoms with Crippen molar-refractivity contribution >= 4 is 47.5 Å². The zero-order chi connectivity index (χ0) is 38.7. The minimum atomic E-state index is -2.47. The first-order valence-corrected chi connectivity index (χ1v) is 21.6. The van der Waals surface area contributed by atoms with Crippen molar-refractivity contribution in [2.75, 3.05) is 51.6 Å². The molecule has 55 heavy (non-hydrogen) atoms. The standard InChI is InChI=1S/C41H46ClN6O6P/c1-53-36-23-30(9-8-26(36)22-38-44-24-33(42)34(45-38)21-27-6-4-5-7-37(27)55(2,3)52)47-17-14-29(15-18-47)43-16-19-54-31-10-11-32-28(20-31)25-48(41(32)51)35-12-13-39(49)46-40(35)50/h4-11,20,23-24,29,35,43H,12-19,21-22,25H2,1-3H3,(H,46,49,50). The maximum Gasteiger partial charge on any atom is 0.255 e. The van der Waals surface area contributed by atoms with E-state index in [0.29, 0.717) is 72.9 Å². The topological polar surface area (TPSA) is 143 Å². The number of aromatic nitrogens is 2. The van der Waals surface area contributed by atoms with Gasteiger partial charge in [0.15, 0.2) is 0 Å². The molecule has 0 saturated carbocycles. The maximum absolute atomic E-state index is 13.0. The smallest absolute Gasteiger partial charge is 0.255 e. The quantitative estimate of drug-likeness (QED) is 0.109. The summed E-state index contributed by atoms with van der Waals surface area (Å²) >= 11 is 6.54. The Morgan fingerprint density at radius 3 is 2.55 bits per heavy atom. The number of amides is 3. The summed E-state index contributed by atoms with van der Waals surface area (Å²) in [5, 5.41) is 7.29. The van der Waals surface area contributed by atoms with Gasteiger partial charge in [-0.3, -0.25) is 19.7 Å². The van der Waals surface area contributed by atoms with E-state index < -0.39 is 19.1 Å². The van der Waals surface area contributed by atoms with Crippen LogP contribution in [0.3, 0.4) is 0 Å². The van der Waals surface area contributed by atoms with Crippen LogP contribution in [0, 0.1) is 0 Å². The number of imide groups is 1. The molecule has 1 unspecified atom stereocenters. The zero-order valence-corrected chi connectivity index (χ0v) is 33.0. The van der Waals surface area contributed by atoms with Crippen LogP contribution >= 0.6 is 18.7 Å². The number of methoxy groups -OCH3 is 1. The third kappa shape index (κ3) is 8.88. The normalized spacial score (nSPS) is 17.7. The molecule has 2 N–H and O–H groups in total. The van der Waals surface area contributed by atoms with Crippen molar-refractivity contribution in [3.63, 3.8) is 0 Å². The van der Waals surface area contributed by atoms with Gasteiger partial charge in [-0.1, -0.05) is 41.9 Å². The van der Waals surface area contributed by atoms with Gasteiger partial charge >= 0.3 is 0 Å². The summed E-state index contributed by atoms with van der Waals surface area (Å²) < 4.78 is 24.8. The fourth-order valence-electron chi connectivity index (χ4n) is 7.68. The van der Waals surface area contributed by atoms with Crippen molar-refractivity contribution in [2.45, 2.75) is 57.2 Å². The van der Waals surface area contributed by atoms with Crippen LogP contribution in [0.1, 0.15) is 64.2 Å². The molecule has 3 aromatic carbocycles. The third-order valence-electron chi connectivity index (χ3n) is 10.6. The van der Waals surface area contributed by atoms with E-state index in [-0.39, 0.29) is 18.2 Å². The van der Waals surface area contributed by atoms with Crippen LogP contribution < -0.4 is 30.3 Å². The maximum atomic E-state index is 13.0. The molecule has 12 nitrogen and oxygen atoms in total. The van der Waals surface area contributed by atoms with Crippen molar-refractivity contribution in [3.05, 3.63) is 106 Å². The summed E-state index contributed by atoms with van der Waals surface area (Å²) in [7, 11) is -0.794. The van der Waals surface area contributed by atoms with E-state index in [4.69, 9.17) is 26.1 Å². The lowest BCUT2D eigenvalue weighted by molar-refractivity contribution is -0.136. The SMILES string of the molecule is COc1cc(N2CCC(NCCOc3ccc4c(c3)CN(C3CCC(=O)NC3=O)C4=O)CC2)ccc1Cc1ncc(Cl)c(Cc2ccccc2P(C)(C)=O)n1. The number of nitrogens with one attached hydrogen (secondary N) is 2. The summed E-state index contributed by atoms with van der Waals surface area (Å²) in [6, 6.07) is 19.2. The van der Waals surface area contributed by atoms with Crippen molar-refractivity contribution in [3.8, 4) is 11.5 Å². The van der Waals surface area contributed by atoms with Crippen LogP contribution in [-0.4, -0.2) is 91.4 Å². The first-order chi connectivity index (χ1) is 26.5. The van der Waals surface area contributed by atoms with E-state index in [1.807, 2.05) is 30.3 Å². The molecule has 14 heteroatoms. The van der Waals surface area contributed by atoms with Gasteiger partial charge in [-0.2, -0.15) is 0 Å². The Hall–Kier alpha value is -4.77. The molecule has 1 aromatic heterocycles. The van der Waals surface area contributed by atoms with Crippen molar-refractivity contribution < 1.29 is 28.4 Å². The molecule has 2 saturated heterocycles. The van der Waals surface area contributed by atoms with E-state index in [0.717, 1.165) is 59.4 Å². The van der Waals surface area contributed by atoms with Gasteiger partial charge in [0.2, 0.25) is 11.8 Å². The van der Waals surface area contributed by atoms with Gasteiger partial charge in [0, 0.05) is 85.9 Å². The van der Waals surface area contributed by atoms with E-state index in [1.165, 1.54) is 0 Å². The third-order valence-corrected chi connectivity index (χ3v) is 12.5. The van der Waals surface area contributed by atoms with E-state index in [1.54, 1.807) is 43.7 Å². The Bertz CT molecular complexity index is 2150. The Labute approximate surface area is 326 Å². The number of benzene rings is 3. The number of hydrogen-bond donors (Lipinski definition) is 2. The molecule has 288 valence electrons. The number of piperidine rings is 2. The van der Waals surface area contributed by atoms with E-state index in [2.05, 4.69) is 38.7 Å². The van der Waals surface area contributed by atoms with E-state index >= 15 is 0 Å². The number of nitrogens with zero attached hydrogens (tertiary/aromatic N) is 4. The average Bonchev–Trinajstić information content (AvgIpc) is 3.49. The van der Waals surface area contributed by atoms with Crippen LogP contribution in [0.2, 0.25) is 5.02 Å². The monoisotopic (exact) mass is 784 g/mol. The summed E-state index contributed by atoms with van der Waals surface area (Å²) in [5.41, 5.74) is 5.13. The Kier molecular flexibility index (Phi) is 11.6. The lowest BCUT2D eigenvalue weighted by Crippen LogP contribution is -2.52. The summed E-state index contributed by atoms with van der Waals surface area (Å²) in [6.45, 7) is 6.84. The molecule has 1 atom stereocenters. The lowest BCUT2D eigenvalue weighted by atomic mass is 10.0. The second-order valence-electron chi connectivity index (χ2n) is 14.7. The zero-order valence-electron chi connectivity index (χ0n) is 31.3. The first kappa shape index (κ1) is 38.5. The number of carbonyl (C=O) groups excluding carboxylic acids is 3. The minimum absolute atomic E-state index is 0.193. The predicted molar refractivity (Wildman–Crippen MR) is 212 cm³/mol. The number of rotatable bonds is 13. The number of halogens is 1. The van der Waals surface area contributed by atoms with Crippen LogP contribution in [0.25, 0.3) is 0 Å². The number of carbonyl (C=O) groups is 3. The molecule has 2 fully saturated rings. The largest absolute Gasteiger partial charge is 0.496 e. The highest BCUT2D eigenvalue weighted by molar-refractivity contribution is 7.70. The Morgan fingerprint density at radius 2 is 1.78 bits per heavy atom. The second-order valence-corrected chi connectivity index (χ2v) is 18.3. The molecule has 0 bridgehead atoms. The van der Waals surface area contributed by atoms with Gasteiger partial charge in [0.25, 0.3) is 5.91 Å². The number of fused-ring (bicyclic) bond motifs is 1. The lowest BCUT2D eigenvalue weighted by Gasteiger charge is -2.34. The van der Waals surface area contributed by atoms with Gasteiger partial charge in [-0.25, -0.2) is 9.97 Å². The highest BCUT2D eigenvalue weighted by Gasteiger charge is 2.39. The number of hydrogen-bond acceptors (Lipinski definition) is 10. The first-order valence-electron chi connectivity index (χ1n) is 18.7. The van der Waals surface area contributed by atoms with E-state index in [9.17, 15) is 18.9 Å². The Morgan fingerprint density at radius 1 is 0.982 bits per heavy atom. The minimum Gasteiger partial charge on any atom is -0.496 e. The number of anilines is 1. The van der Waals surface area contributed by atoms with Crippen LogP contribution in [0.15, 0.2) is 66.9 Å². The van der Waals surface area contributed by atoms with Crippen molar-refractivity contribution in [2.24, 2.45) is 0 Å². The summed E-state index contributed by atoms with van der Waals surface area (Å²) in [4.78, 5) is 50.1. The summed E-state index contributed by atoms with van der Waals surface area (Å²) in [6.07, 6.45) is 5.12. The number of ether oxygens (including phenoxy) is 2. The van der Waals surface area contributed by atoms with Crippen LogP contribution in [0.5, 0.6) is 11.5 Å². The second kappa shape index (κ2) is 16.5. The molecule has 4 aromatic rings. The molecule has 3 aliphatic rings. The fourth-order valence-corrected chi connectivity index (χ4v) is 9.13. The van der Waals surface area contributed by atoms with Crippen molar-refractivity contribution in [1.29, 1.82) is 0 Å². The molecule has 7 rings (SSSR count). The molecule has 0 aliphatic carbocycles. The fraction of sp³-hybridized carbons (Fsp3) is 0.390. The van der Waals surface area contributed by atoms with Gasteiger partial charge in [0.1, 0.15) is 37.1 Å². The molecule has 0 spiro atoms. The van der Waals surface area contributed by atoms with Gasteiger partial charge in [-0.05, 0) is 68.0 Å². The molecule has 3 amide bonds. The van der Waals surface area contributed by atoms with Crippen LogP contribution in [-0.2, 0) is 33.5 Å². The highest BCUT2D eigenvalue weighted by atomic mass is 35.5. The van der Waals surface area contributed by atoms with Crippen LogP contribution in [0.4, 0.5) is 5.69 Å². The Balaban J connectivity index is 0.885. The van der Waals surface area contributed by atoms with Gasteiger partial charge in [-0.15, -0.1) is 0 Å². The molecular weight excluding hydrogens is 739 g/mol. The highest BCUT2D eigenvalue weighted by Crippen LogP contribution is 2.37. The van der Waals surface area contributed by atoms with Gasteiger partial charge < -0.3 is 29.2 Å².